The summed E-state index contributed by atoms with van der Waals surface area (Å²) in [6.07, 6.45) is 2.34. The minimum Gasteiger partial charge on any atom is -0.493 e. The van der Waals surface area contributed by atoms with Crippen LogP contribution in [0, 0.1) is 0 Å². The average molecular weight is 282 g/mol. The van der Waals surface area contributed by atoms with Gasteiger partial charge in [0.25, 0.3) is 0 Å². The summed E-state index contributed by atoms with van der Waals surface area (Å²) in [4.78, 5) is 2.62. The van der Waals surface area contributed by atoms with Gasteiger partial charge < -0.3 is 10.1 Å². The van der Waals surface area contributed by atoms with E-state index in [1.807, 2.05) is 0 Å². The number of hydrogen-bond acceptors (Lipinski definition) is 3. The normalized spacial score (nSPS) is 23.3. The second-order valence-electron chi connectivity index (χ2n) is 6.00. The van der Waals surface area contributed by atoms with Crippen LogP contribution in [0.3, 0.4) is 0 Å². The summed E-state index contributed by atoms with van der Waals surface area (Å²) in [5.74, 6) is 1.12. The molecule has 110 valence electrons. The molecule has 1 N–H and O–H groups in total. The number of fused-ring (bicyclic) bond motifs is 3. The number of nitrogens with one attached hydrogen (secondary N) is 1. The zero-order valence-electron chi connectivity index (χ0n) is 12.3. The van der Waals surface area contributed by atoms with Gasteiger partial charge in [-0.3, -0.25) is 4.90 Å². The molecular formula is C18H22N2O. The summed E-state index contributed by atoms with van der Waals surface area (Å²) in [5, 5.41) is 5.99. The van der Waals surface area contributed by atoms with Crippen molar-refractivity contribution in [2.75, 3.05) is 32.8 Å². The Bertz CT molecular complexity index is 634. The molecule has 0 radical (unpaired) electrons. The molecule has 3 nitrogen and oxygen atoms in total. The third-order valence-corrected chi connectivity index (χ3v) is 4.73. The lowest BCUT2D eigenvalue weighted by atomic mass is 9.96. The first-order valence-electron chi connectivity index (χ1n) is 8.03. The van der Waals surface area contributed by atoms with Gasteiger partial charge in [0.15, 0.2) is 0 Å². The first-order valence-corrected chi connectivity index (χ1v) is 8.03. The van der Waals surface area contributed by atoms with Crippen LogP contribution in [0.15, 0.2) is 36.4 Å². The average Bonchev–Trinajstić information content (AvgIpc) is 2.78. The van der Waals surface area contributed by atoms with Crippen LogP contribution in [0.4, 0.5) is 0 Å². The van der Waals surface area contributed by atoms with Crippen molar-refractivity contribution in [3.8, 4) is 5.75 Å². The monoisotopic (exact) mass is 282 g/mol. The molecule has 4 rings (SSSR count). The van der Waals surface area contributed by atoms with Crippen LogP contribution in [0.2, 0.25) is 0 Å². The van der Waals surface area contributed by atoms with Crippen LogP contribution in [0.5, 0.6) is 5.75 Å². The van der Waals surface area contributed by atoms with E-state index in [1.165, 1.54) is 22.8 Å². The Morgan fingerprint density at radius 2 is 1.90 bits per heavy atom. The number of piperazine rings is 1. The molecule has 0 amide bonds. The van der Waals surface area contributed by atoms with Crippen LogP contribution in [0.1, 0.15) is 24.4 Å². The zero-order chi connectivity index (χ0) is 14.1. The molecule has 1 atom stereocenters. The van der Waals surface area contributed by atoms with Crippen molar-refractivity contribution in [1.29, 1.82) is 0 Å². The van der Waals surface area contributed by atoms with E-state index in [1.54, 1.807) is 0 Å². The molecule has 0 bridgehead atoms. The number of benzene rings is 2. The lowest BCUT2D eigenvalue weighted by Crippen LogP contribution is -2.45. The number of hydrogen-bond donors (Lipinski definition) is 1. The van der Waals surface area contributed by atoms with E-state index in [2.05, 4.69) is 46.6 Å². The highest BCUT2D eigenvalue weighted by Gasteiger charge is 2.27. The van der Waals surface area contributed by atoms with Crippen molar-refractivity contribution >= 4 is 10.8 Å². The minimum atomic E-state index is 0.509. The lowest BCUT2D eigenvalue weighted by molar-refractivity contribution is 0.165. The van der Waals surface area contributed by atoms with Crippen molar-refractivity contribution in [3.63, 3.8) is 0 Å². The molecule has 2 aromatic carbocycles. The van der Waals surface area contributed by atoms with Crippen LogP contribution in [-0.4, -0.2) is 37.7 Å². The Kier molecular flexibility index (Phi) is 3.53. The van der Waals surface area contributed by atoms with Gasteiger partial charge in [-0.25, -0.2) is 0 Å². The summed E-state index contributed by atoms with van der Waals surface area (Å²) in [6, 6.07) is 13.6. The van der Waals surface area contributed by atoms with Crippen molar-refractivity contribution in [1.82, 2.24) is 10.2 Å². The van der Waals surface area contributed by atoms with Crippen molar-refractivity contribution < 1.29 is 4.74 Å². The van der Waals surface area contributed by atoms with Crippen LogP contribution in [0.25, 0.3) is 10.8 Å². The molecule has 1 saturated heterocycles. The summed E-state index contributed by atoms with van der Waals surface area (Å²) in [5.41, 5.74) is 1.38. The fourth-order valence-electron chi connectivity index (χ4n) is 3.66. The van der Waals surface area contributed by atoms with Crippen LogP contribution < -0.4 is 10.1 Å². The Morgan fingerprint density at radius 1 is 1.05 bits per heavy atom. The first-order chi connectivity index (χ1) is 10.4. The molecule has 3 heteroatoms. The molecule has 1 unspecified atom stereocenters. The smallest absolute Gasteiger partial charge is 0.131 e. The maximum atomic E-state index is 6.14. The molecule has 0 spiro atoms. The summed E-state index contributed by atoms with van der Waals surface area (Å²) in [6.45, 7) is 5.30. The van der Waals surface area contributed by atoms with E-state index in [4.69, 9.17) is 4.74 Å². The number of ether oxygens (including phenoxy) is 1. The quantitative estimate of drug-likeness (QED) is 0.870. The Morgan fingerprint density at radius 3 is 2.81 bits per heavy atom. The fraction of sp³-hybridized carbons (Fsp3) is 0.444. The van der Waals surface area contributed by atoms with Crippen molar-refractivity contribution in [3.05, 3.63) is 42.0 Å². The summed E-state index contributed by atoms with van der Waals surface area (Å²) in [7, 11) is 0. The van der Waals surface area contributed by atoms with E-state index >= 15 is 0 Å². The molecule has 2 aromatic rings. The van der Waals surface area contributed by atoms with Crippen molar-refractivity contribution in [2.24, 2.45) is 0 Å². The van der Waals surface area contributed by atoms with E-state index in [0.717, 1.165) is 45.0 Å². The van der Waals surface area contributed by atoms with E-state index < -0.39 is 0 Å². The van der Waals surface area contributed by atoms with Gasteiger partial charge in [-0.05, 0) is 18.2 Å². The minimum absolute atomic E-state index is 0.509. The van der Waals surface area contributed by atoms with Crippen LogP contribution in [-0.2, 0) is 0 Å². The van der Waals surface area contributed by atoms with Gasteiger partial charge in [0.2, 0.25) is 0 Å². The van der Waals surface area contributed by atoms with Gasteiger partial charge in [-0.1, -0.05) is 36.4 Å². The molecule has 2 aliphatic heterocycles. The highest BCUT2D eigenvalue weighted by molar-refractivity contribution is 5.89. The Balaban J connectivity index is 1.80. The van der Waals surface area contributed by atoms with Gasteiger partial charge >= 0.3 is 0 Å². The van der Waals surface area contributed by atoms with Gasteiger partial charge in [-0.2, -0.15) is 0 Å². The maximum Gasteiger partial charge on any atom is 0.131 e. The summed E-state index contributed by atoms with van der Waals surface area (Å²) >= 11 is 0. The SMILES string of the molecule is c1ccc2c3c(ccc2c1)C(N1CCNCC1)CCCO3. The second kappa shape index (κ2) is 5.66. The highest BCUT2D eigenvalue weighted by atomic mass is 16.5. The molecule has 0 aromatic heterocycles. The molecular weight excluding hydrogens is 260 g/mol. The maximum absolute atomic E-state index is 6.14. The fourth-order valence-corrected chi connectivity index (χ4v) is 3.66. The number of rotatable bonds is 1. The first kappa shape index (κ1) is 13.1. The Labute approximate surface area is 125 Å². The standard InChI is InChI=1S/C18H22N2O/c1-2-5-15-14(4-1)7-8-16-17(6-3-13-21-18(15)16)20-11-9-19-10-12-20/h1-2,4-5,7-8,17,19H,3,6,9-13H2. The topological polar surface area (TPSA) is 24.5 Å². The summed E-state index contributed by atoms with van der Waals surface area (Å²) < 4.78 is 6.14. The number of nitrogens with zero attached hydrogens (tertiary/aromatic N) is 1. The molecule has 1 fully saturated rings. The van der Waals surface area contributed by atoms with Gasteiger partial charge in [-0.15, -0.1) is 0 Å². The molecule has 21 heavy (non-hydrogen) atoms. The van der Waals surface area contributed by atoms with E-state index in [0.29, 0.717) is 6.04 Å². The largest absolute Gasteiger partial charge is 0.493 e. The molecule has 2 aliphatic rings. The van der Waals surface area contributed by atoms with Crippen LogP contribution >= 0.6 is 0 Å². The second-order valence-corrected chi connectivity index (χ2v) is 6.00. The zero-order valence-corrected chi connectivity index (χ0v) is 12.3. The molecule has 2 heterocycles. The van der Waals surface area contributed by atoms with E-state index in [9.17, 15) is 0 Å². The Hall–Kier alpha value is -1.58. The predicted molar refractivity (Wildman–Crippen MR) is 85.9 cm³/mol. The molecule has 0 saturated carbocycles. The lowest BCUT2D eigenvalue weighted by Gasteiger charge is -2.35. The van der Waals surface area contributed by atoms with Gasteiger partial charge in [0.1, 0.15) is 5.75 Å². The third-order valence-electron chi connectivity index (χ3n) is 4.73. The predicted octanol–water partition coefficient (Wildman–Crippen LogP) is 2.96. The van der Waals surface area contributed by atoms with Crippen molar-refractivity contribution in [2.45, 2.75) is 18.9 Å². The third kappa shape index (κ3) is 2.41. The van der Waals surface area contributed by atoms with Gasteiger partial charge in [0.05, 0.1) is 6.61 Å². The van der Waals surface area contributed by atoms with E-state index in [-0.39, 0.29) is 0 Å². The molecule has 0 aliphatic carbocycles. The van der Waals surface area contributed by atoms with Gasteiger partial charge in [0, 0.05) is 43.2 Å². The highest BCUT2D eigenvalue weighted by Crippen LogP contribution is 2.40.